The number of likely N-dealkylation sites (N-methyl/N-ethyl adjacent to an activating group) is 1. The van der Waals surface area contributed by atoms with Crippen molar-refractivity contribution in [3.8, 4) is 0 Å². The number of hydrogen-bond acceptors (Lipinski definition) is 1. The summed E-state index contributed by atoms with van der Waals surface area (Å²) >= 11 is 3.42. The number of hydrogen-bond donors (Lipinski definition) is 1. The van der Waals surface area contributed by atoms with Gasteiger partial charge in [0.2, 0.25) is 0 Å². The van der Waals surface area contributed by atoms with E-state index in [1.807, 2.05) is 7.05 Å². The molecule has 1 aromatic carbocycles. The molecule has 1 atom stereocenters. The van der Waals surface area contributed by atoms with E-state index in [1.54, 1.807) is 0 Å². The van der Waals surface area contributed by atoms with Gasteiger partial charge in [0.15, 0.2) is 0 Å². The smallest absolute Gasteiger partial charge is 0.0311 e. The lowest BCUT2D eigenvalue weighted by Crippen LogP contribution is -2.28. The van der Waals surface area contributed by atoms with Crippen LogP contribution in [0.5, 0.6) is 0 Å². The van der Waals surface area contributed by atoms with Crippen LogP contribution in [0.2, 0.25) is 0 Å². The van der Waals surface area contributed by atoms with E-state index >= 15 is 0 Å². The Hall–Kier alpha value is -0.600. The van der Waals surface area contributed by atoms with Gasteiger partial charge in [0.25, 0.3) is 0 Å². The zero-order valence-corrected chi connectivity index (χ0v) is 10.3. The van der Waals surface area contributed by atoms with Crippen molar-refractivity contribution in [2.45, 2.75) is 19.4 Å². The summed E-state index contributed by atoms with van der Waals surface area (Å²) < 4.78 is 1.12. The standard InChI is InChI=1S/C12H16BrN/c1-9(2)12(14-3)8-10-4-6-11(13)7-5-10/h4-7,12,14H,1,8H2,2-3H3. The predicted molar refractivity (Wildman–Crippen MR) is 65.5 cm³/mol. The quantitative estimate of drug-likeness (QED) is 0.814. The second kappa shape index (κ2) is 5.32. The third-order valence-corrected chi connectivity index (χ3v) is 2.83. The van der Waals surface area contributed by atoms with Crippen molar-refractivity contribution in [3.05, 3.63) is 46.5 Å². The van der Waals surface area contributed by atoms with Crippen molar-refractivity contribution in [1.82, 2.24) is 5.32 Å². The zero-order chi connectivity index (χ0) is 10.6. The van der Waals surface area contributed by atoms with E-state index in [2.05, 4.69) is 59.0 Å². The van der Waals surface area contributed by atoms with Crippen LogP contribution in [-0.2, 0) is 6.42 Å². The first kappa shape index (κ1) is 11.5. The fourth-order valence-electron chi connectivity index (χ4n) is 1.38. The topological polar surface area (TPSA) is 12.0 Å². The van der Waals surface area contributed by atoms with Crippen LogP contribution in [0.3, 0.4) is 0 Å². The first-order valence-electron chi connectivity index (χ1n) is 4.70. The SMILES string of the molecule is C=C(C)C(Cc1ccc(Br)cc1)NC. The van der Waals surface area contributed by atoms with E-state index in [0.29, 0.717) is 6.04 Å². The first-order valence-corrected chi connectivity index (χ1v) is 5.50. The summed E-state index contributed by atoms with van der Waals surface area (Å²) in [4.78, 5) is 0. The molecule has 0 aliphatic heterocycles. The maximum Gasteiger partial charge on any atom is 0.0311 e. The second-order valence-corrected chi connectivity index (χ2v) is 4.43. The summed E-state index contributed by atoms with van der Waals surface area (Å²) in [6.07, 6.45) is 0.999. The molecule has 1 N–H and O–H groups in total. The molecule has 0 fully saturated rings. The Labute approximate surface area is 94.3 Å². The van der Waals surface area contributed by atoms with Gasteiger partial charge in [-0.1, -0.05) is 40.2 Å². The molecule has 1 unspecified atom stereocenters. The van der Waals surface area contributed by atoms with Crippen molar-refractivity contribution in [2.75, 3.05) is 7.05 Å². The van der Waals surface area contributed by atoms with Crippen LogP contribution in [0.25, 0.3) is 0 Å². The average Bonchev–Trinajstić information content (AvgIpc) is 2.16. The molecule has 1 nitrogen and oxygen atoms in total. The summed E-state index contributed by atoms with van der Waals surface area (Å²) in [5, 5.41) is 3.25. The molecule has 0 radical (unpaired) electrons. The van der Waals surface area contributed by atoms with Gasteiger partial charge >= 0.3 is 0 Å². The summed E-state index contributed by atoms with van der Waals surface area (Å²) in [5.41, 5.74) is 2.51. The van der Waals surface area contributed by atoms with E-state index in [0.717, 1.165) is 10.9 Å². The van der Waals surface area contributed by atoms with Crippen LogP contribution >= 0.6 is 15.9 Å². The van der Waals surface area contributed by atoms with Crippen molar-refractivity contribution < 1.29 is 0 Å². The van der Waals surface area contributed by atoms with E-state index in [-0.39, 0.29) is 0 Å². The average molecular weight is 254 g/mol. The van der Waals surface area contributed by atoms with Gasteiger partial charge in [0.1, 0.15) is 0 Å². The molecule has 0 heterocycles. The zero-order valence-electron chi connectivity index (χ0n) is 8.68. The molecular formula is C12H16BrN. The summed E-state index contributed by atoms with van der Waals surface area (Å²) in [7, 11) is 1.97. The fraction of sp³-hybridized carbons (Fsp3) is 0.333. The van der Waals surface area contributed by atoms with Gasteiger partial charge in [-0.05, 0) is 38.1 Å². The normalized spacial score (nSPS) is 12.5. The van der Waals surface area contributed by atoms with Crippen LogP contribution in [0, 0.1) is 0 Å². The molecule has 1 aromatic rings. The molecule has 0 amide bonds. The summed E-state index contributed by atoms with van der Waals surface area (Å²) in [6, 6.07) is 8.78. The van der Waals surface area contributed by atoms with Crippen LogP contribution in [0.15, 0.2) is 40.9 Å². The molecule has 0 saturated heterocycles. The molecular weight excluding hydrogens is 238 g/mol. The number of rotatable bonds is 4. The van der Waals surface area contributed by atoms with Gasteiger partial charge in [-0.25, -0.2) is 0 Å². The van der Waals surface area contributed by atoms with Crippen molar-refractivity contribution in [1.29, 1.82) is 0 Å². The minimum absolute atomic E-state index is 0.371. The molecule has 0 aliphatic rings. The lowest BCUT2D eigenvalue weighted by molar-refractivity contribution is 0.634. The van der Waals surface area contributed by atoms with Crippen LogP contribution in [-0.4, -0.2) is 13.1 Å². The second-order valence-electron chi connectivity index (χ2n) is 3.52. The molecule has 76 valence electrons. The molecule has 14 heavy (non-hydrogen) atoms. The fourth-order valence-corrected chi connectivity index (χ4v) is 1.64. The largest absolute Gasteiger partial charge is 0.313 e. The molecule has 0 saturated carbocycles. The molecule has 1 rings (SSSR count). The van der Waals surface area contributed by atoms with E-state index in [9.17, 15) is 0 Å². The van der Waals surface area contributed by atoms with E-state index in [1.165, 1.54) is 11.1 Å². The lowest BCUT2D eigenvalue weighted by Gasteiger charge is -2.15. The van der Waals surface area contributed by atoms with Gasteiger partial charge in [-0.3, -0.25) is 0 Å². The van der Waals surface area contributed by atoms with Gasteiger partial charge in [-0.15, -0.1) is 0 Å². The Balaban J connectivity index is 2.67. The van der Waals surface area contributed by atoms with Gasteiger partial charge in [0, 0.05) is 10.5 Å². The Morgan fingerprint density at radius 1 is 1.43 bits per heavy atom. The molecule has 0 aliphatic carbocycles. The van der Waals surface area contributed by atoms with Crippen LogP contribution in [0.4, 0.5) is 0 Å². The monoisotopic (exact) mass is 253 g/mol. The van der Waals surface area contributed by atoms with Crippen molar-refractivity contribution in [2.24, 2.45) is 0 Å². The lowest BCUT2D eigenvalue weighted by atomic mass is 10.0. The number of halogens is 1. The maximum atomic E-state index is 3.97. The highest BCUT2D eigenvalue weighted by Gasteiger charge is 2.06. The maximum absolute atomic E-state index is 3.97. The third-order valence-electron chi connectivity index (χ3n) is 2.30. The van der Waals surface area contributed by atoms with E-state index in [4.69, 9.17) is 0 Å². The van der Waals surface area contributed by atoms with Gasteiger partial charge < -0.3 is 5.32 Å². The van der Waals surface area contributed by atoms with Gasteiger partial charge in [0.05, 0.1) is 0 Å². The van der Waals surface area contributed by atoms with Crippen molar-refractivity contribution in [3.63, 3.8) is 0 Å². The van der Waals surface area contributed by atoms with E-state index < -0.39 is 0 Å². The molecule has 2 heteroatoms. The minimum atomic E-state index is 0.371. The molecule has 0 bridgehead atoms. The highest BCUT2D eigenvalue weighted by atomic mass is 79.9. The summed E-state index contributed by atoms with van der Waals surface area (Å²) in [6.45, 7) is 6.02. The number of nitrogens with one attached hydrogen (secondary N) is 1. The van der Waals surface area contributed by atoms with Crippen molar-refractivity contribution >= 4 is 15.9 Å². The highest BCUT2D eigenvalue weighted by molar-refractivity contribution is 9.10. The molecule has 0 spiro atoms. The van der Waals surface area contributed by atoms with Gasteiger partial charge in [-0.2, -0.15) is 0 Å². The van der Waals surface area contributed by atoms with Crippen LogP contribution in [0.1, 0.15) is 12.5 Å². The Morgan fingerprint density at radius 3 is 2.43 bits per heavy atom. The Bertz CT molecular complexity index is 303. The third kappa shape index (κ3) is 3.28. The molecule has 0 aromatic heterocycles. The Kier molecular flexibility index (Phi) is 4.36. The van der Waals surface area contributed by atoms with Crippen LogP contribution < -0.4 is 5.32 Å². The number of benzene rings is 1. The Morgan fingerprint density at radius 2 is 2.00 bits per heavy atom. The predicted octanol–water partition coefficient (Wildman–Crippen LogP) is 3.16. The minimum Gasteiger partial charge on any atom is -0.313 e. The first-order chi connectivity index (χ1) is 6.63. The summed E-state index contributed by atoms with van der Waals surface area (Å²) in [5.74, 6) is 0. The highest BCUT2D eigenvalue weighted by Crippen LogP contribution is 2.13.